The lowest BCUT2D eigenvalue weighted by Gasteiger charge is -2.13. The van der Waals surface area contributed by atoms with Crippen molar-refractivity contribution in [2.75, 3.05) is 14.2 Å². The first-order valence-electron chi connectivity index (χ1n) is 5.16. The van der Waals surface area contributed by atoms with Gasteiger partial charge in [0, 0.05) is 6.92 Å². The predicted molar refractivity (Wildman–Crippen MR) is 64.8 cm³/mol. The second kappa shape index (κ2) is 5.94. The molecule has 0 heterocycles. The Bertz CT molecular complexity index is 398. The highest BCUT2D eigenvalue weighted by Gasteiger charge is 2.15. The van der Waals surface area contributed by atoms with Gasteiger partial charge in [-0.1, -0.05) is 6.08 Å². The first-order valence-corrected chi connectivity index (χ1v) is 5.16. The monoisotopic (exact) mass is 236 g/mol. The Morgan fingerprint density at radius 1 is 1.29 bits per heavy atom. The van der Waals surface area contributed by atoms with Crippen LogP contribution in [0.25, 0.3) is 0 Å². The maximum Gasteiger partial charge on any atom is 0.308 e. The first kappa shape index (κ1) is 13.1. The Kier molecular flexibility index (Phi) is 4.57. The van der Waals surface area contributed by atoms with Gasteiger partial charge < -0.3 is 14.2 Å². The minimum atomic E-state index is -0.418. The predicted octanol–water partition coefficient (Wildman–Crippen LogP) is 2.36. The Morgan fingerprint density at radius 3 is 2.18 bits per heavy atom. The standard InChI is InChI=1S/C13H16O4/c1-5-6-10-7-11(15-3)13(17-9(2)14)12(8-10)16-4/h5,7-8H,1,6H2,2-4H3. The zero-order valence-electron chi connectivity index (χ0n) is 10.3. The van der Waals surface area contributed by atoms with Gasteiger partial charge in [-0.15, -0.1) is 6.58 Å². The summed E-state index contributed by atoms with van der Waals surface area (Å²) in [6.07, 6.45) is 2.47. The van der Waals surface area contributed by atoms with Crippen LogP contribution >= 0.6 is 0 Å². The van der Waals surface area contributed by atoms with Crippen molar-refractivity contribution in [2.24, 2.45) is 0 Å². The summed E-state index contributed by atoms with van der Waals surface area (Å²) >= 11 is 0. The molecule has 92 valence electrons. The van der Waals surface area contributed by atoms with Gasteiger partial charge in [0.05, 0.1) is 14.2 Å². The van der Waals surface area contributed by atoms with Gasteiger partial charge in [0.2, 0.25) is 5.75 Å². The van der Waals surface area contributed by atoms with Crippen molar-refractivity contribution < 1.29 is 19.0 Å². The van der Waals surface area contributed by atoms with Crippen LogP contribution in [-0.2, 0) is 11.2 Å². The third kappa shape index (κ3) is 3.24. The number of rotatable bonds is 5. The lowest BCUT2D eigenvalue weighted by molar-refractivity contribution is -0.132. The van der Waals surface area contributed by atoms with Gasteiger partial charge in [-0.05, 0) is 24.1 Å². The fraction of sp³-hybridized carbons (Fsp3) is 0.308. The summed E-state index contributed by atoms with van der Waals surface area (Å²) in [6.45, 7) is 5.00. The molecule has 0 aliphatic carbocycles. The lowest BCUT2D eigenvalue weighted by atomic mass is 10.1. The molecule has 1 aromatic rings. The average molecular weight is 236 g/mol. The highest BCUT2D eigenvalue weighted by atomic mass is 16.6. The molecule has 0 N–H and O–H groups in total. The third-order valence-electron chi connectivity index (χ3n) is 2.15. The highest BCUT2D eigenvalue weighted by molar-refractivity contribution is 5.72. The van der Waals surface area contributed by atoms with Crippen molar-refractivity contribution in [3.63, 3.8) is 0 Å². The number of carbonyl (C=O) groups excluding carboxylic acids is 1. The number of allylic oxidation sites excluding steroid dienone is 1. The van der Waals surface area contributed by atoms with Crippen LogP contribution in [-0.4, -0.2) is 20.2 Å². The molecule has 0 amide bonds. The number of methoxy groups -OCH3 is 2. The van der Waals surface area contributed by atoms with E-state index in [1.165, 1.54) is 21.1 Å². The summed E-state index contributed by atoms with van der Waals surface area (Å²) in [6, 6.07) is 3.59. The van der Waals surface area contributed by atoms with Crippen LogP contribution in [0.1, 0.15) is 12.5 Å². The summed E-state index contributed by atoms with van der Waals surface area (Å²) in [7, 11) is 3.03. The summed E-state index contributed by atoms with van der Waals surface area (Å²) in [5.41, 5.74) is 0.976. The van der Waals surface area contributed by atoms with E-state index in [9.17, 15) is 4.79 Å². The average Bonchev–Trinajstić information content (AvgIpc) is 2.30. The van der Waals surface area contributed by atoms with E-state index in [2.05, 4.69) is 6.58 Å². The Labute approximate surface area is 101 Å². The van der Waals surface area contributed by atoms with Gasteiger partial charge in [0.15, 0.2) is 11.5 Å². The summed E-state index contributed by atoms with van der Waals surface area (Å²) in [5.74, 6) is 0.821. The molecule has 0 saturated heterocycles. The van der Waals surface area contributed by atoms with Gasteiger partial charge in [0.25, 0.3) is 0 Å². The molecule has 0 unspecified atom stereocenters. The van der Waals surface area contributed by atoms with Gasteiger partial charge in [0.1, 0.15) is 0 Å². The van der Waals surface area contributed by atoms with Crippen molar-refractivity contribution >= 4 is 5.97 Å². The maximum absolute atomic E-state index is 11.0. The molecule has 4 nitrogen and oxygen atoms in total. The Hall–Kier alpha value is -1.97. The minimum absolute atomic E-state index is 0.301. The Morgan fingerprint density at radius 2 is 1.82 bits per heavy atom. The van der Waals surface area contributed by atoms with Gasteiger partial charge in [-0.2, -0.15) is 0 Å². The molecule has 4 heteroatoms. The third-order valence-corrected chi connectivity index (χ3v) is 2.15. The second-order valence-electron chi connectivity index (χ2n) is 3.42. The molecule has 0 bridgehead atoms. The molecular formula is C13H16O4. The van der Waals surface area contributed by atoms with Crippen LogP contribution in [0.15, 0.2) is 24.8 Å². The van der Waals surface area contributed by atoms with Crippen molar-refractivity contribution in [3.8, 4) is 17.2 Å². The molecule has 0 spiro atoms. The fourth-order valence-electron chi connectivity index (χ4n) is 1.46. The quantitative estimate of drug-likeness (QED) is 0.447. The topological polar surface area (TPSA) is 44.8 Å². The largest absolute Gasteiger partial charge is 0.493 e. The number of carbonyl (C=O) groups is 1. The lowest BCUT2D eigenvalue weighted by Crippen LogP contribution is -2.05. The van der Waals surface area contributed by atoms with E-state index >= 15 is 0 Å². The van der Waals surface area contributed by atoms with Crippen LogP contribution in [0.4, 0.5) is 0 Å². The van der Waals surface area contributed by atoms with E-state index in [0.29, 0.717) is 23.7 Å². The van der Waals surface area contributed by atoms with E-state index in [1.54, 1.807) is 18.2 Å². The summed E-state index contributed by atoms with van der Waals surface area (Å²) in [5, 5.41) is 0. The van der Waals surface area contributed by atoms with E-state index < -0.39 is 5.97 Å². The second-order valence-corrected chi connectivity index (χ2v) is 3.42. The molecule has 0 aliphatic heterocycles. The SMILES string of the molecule is C=CCc1cc(OC)c(OC(C)=O)c(OC)c1. The van der Waals surface area contributed by atoms with E-state index in [0.717, 1.165) is 5.56 Å². The smallest absolute Gasteiger partial charge is 0.308 e. The van der Waals surface area contributed by atoms with Crippen molar-refractivity contribution in [1.82, 2.24) is 0 Å². The zero-order chi connectivity index (χ0) is 12.8. The Balaban J connectivity index is 3.24. The minimum Gasteiger partial charge on any atom is -0.493 e. The maximum atomic E-state index is 11.0. The number of hydrogen-bond donors (Lipinski definition) is 0. The molecule has 0 aliphatic rings. The first-order chi connectivity index (χ1) is 8.12. The van der Waals surface area contributed by atoms with Crippen LogP contribution in [0.5, 0.6) is 17.2 Å². The normalized spacial score (nSPS) is 9.59. The van der Waals surface area contributed by atoms with E-state index in [-0.39, 0.29) is 0 Å². The van der Waals surface area contributed by atoms with Crippen LogP contribution in [0.2, 0.25) is 0 Å². The number of hydrogen-bond acceptors (Lipinski definition) is 4. The molecule has 0 aromatic heterocycles. The number of benzene rings is 1. The van der Waals surface area contributed by atoms with Gasteiger partial charge in [-0.25, -0.2) is 0 Å². The van der Waals surface area contributed by atoms with Gasteiger partial charge >= 0.3 is 5.97 Å². The van der Waals surface area contributed by atoms with Crippen LogP contribution in [0, 0.1) is 0 Å². The summed E-state index contributed by atoms with van der Waals surface area (Å²) in [4.78, 5) is 11.0. The van der Waals surface area contributed by atoms with E-state index in [1.807, 2.05) is 0 Å². The molecule has 1 aromatic carbocycles. The van der Waals surface area contributed by atoms with E-state index in [4.69, 9.17) is 14.2 Å². The molecule has 0 atom stereocenters. The molecule has 17 heavy (non-hydrogen) atoms. The zero-order valence-corrected chi connectivity index (χ0v) is 10.3. The van der Waals surface area contributed by atoms with Crippen molar-refractivity contribution in [3.05, 3.63) is 30.4 Å². The molecule has 0 fully saturated rings. The molecule has 1 rings (SSSR count). The van der Waals surface area contributed by atoms with Crippen molar-refractivity contribution in [1.29, 1.82) is 0 Å². The van der Waals surface area contributed by atoms with Gasteiger partial charge in [-0.3, -0.25) is 4.79 Å². The molecule has 0 saturated carbocycles. The van der Waals surface area contributed by atoms with Crippen LogP contribution < -0.4 is 14.2 Å². The van der Waals surface area contributed by atoms with Crippen LogP contribution in [0.3, 0.4) is 0 Å². The highest BCUT2D eigenvalue weighted by Crippen LogP contribution is 2.38. The molecular weight excluding hydrogens is 220 g/mol. The fourth-order valence-corrected chi connectivity index (χ4v) is 1.46. The molecule has 0 radical (unpaired) electrons. The number of ether oxygens (including phenoxy) is 3. The van der Waals surface area contributed by atoms with Crippen molar-refractivity contribution in [2.45, 2.75) is 13.3 Å². The summed E-state index contributed by atoms with van der Waals surface area (Å²) < 4.78 is 15.4. The number of esters is 1.